The predicted octanol–water partition coefficient (Wildman–Crippen LogP) is 3.12. The zero-order valence-electron chi connectivity index (χ0n) is 9.91. The van der Waals surface area contributed by atoms with E-state index in [1.54, 1.807) is 19.1 Å². The molecule has 5 heteroatoms. The summed E-state index contributed by atoms with van der Waals surface area (Å²) in [5.41, 5.74) is 1.11. The van der Waals surface area contributed by atoms with E-state index in [2.05, 4.69) is 15.9 Å². The summed E-state index contributed by atoms with van der Waals surface area (Å²) in [4.78, 5) is 23.4. The molecule has 0 atom stereocenters. The molecule has 1 heterocycles. The third-order valence-electron chi connectivity index (χ3n) is 2.73. The standard InChI is InChI=1S/C13H11BrO4/c1-3-7-10(15)8-4-6(2)5-9(14)11(8)18-12(7)13(16)17/h4-5H,3H2,1-2H3,(H,16,17). The molecule has 0 radical (unpaired) electrons. The van der Waals surface area contributed by atoms with Crippen LogP contribution >= 0.6 is 15.9 Å². The Kier molecular flexibility index (Phi) is 3.26. The van der Waals surface area contributed by atoms with Crippen LogP contribution in [-0.4, -0.2) is 11.1 Å². The fourth-order valence-corrected chi connectivity index (χ4v) is 2.58. The van der Waals surface area contributed by atoms with Crippen molar-refractivity contribution in [3.05, 3.63) is 43.7 Å². The summed E-state index contributed by atoms with van der Waals surface area (Å²) in [5, 5.41) is 9.48. The van der Waals surface area contributed by atoms with E-state index in [0.29, 0.717) is 16.3 Å². The van der Waals surface area contributed by atoms with Crippen molar-refractivity contribution in [2.24, 2.45) is 0 Å². The molecule has 0 amide bonds. The molecular weight excluding hydrogens is 300 g/mol. The molecule has 0 spiro atoms. The number of aryl methyl sites for hydroxylation is 1. The molecule has 2 aromatic rings. The second-order valence-corrected chi connectivity index (χ2v) is 4.88. The van der Waals surface area contributed by atoms with Crippen molar-refractivity contribution in [1.29, 1.82) is 0 Å². The average Bonchev–Trinajstić information content (AvgIpc) is 2.29. The van der Waals surface area contributed by atoms with E-state index in [-0.39, 0.29) is 22.3 Å². The summed E-state index contributed by atoms with van der Waals surface area (Å²) in [6.45, 7) is 3.59. The number of carbonyl (C=O) groups is 1. The highest BCUT2D eigenvalue weighted by Crippen LogP contribution is 2.26. The van der Waals surface area contributed by atoms with Crippen LogP contribution in [0.5, 0.6) is 0 Å². The molecule has 1 aromatic heterocycles. The zero-order chi connectivity index (χ0) is 13.4. The lowest BCUT2D eigenvalue weighted by atomic mass is 10.1. The maximum atomic E-state index is 12.2. The first-order valence-corrected chi connectivity index (χ1v) is 6.24. The van der Waals surface area contributed by atoms with Crippen molar-refractivity contribution in [2.45, 2.75) is 20.3 Å². The van der Waals surface area contributed by atoms with Gasteiger partial charge in [0.1, 0.15) is 0 Å². The van der Waals surface area contributed by atoms with Gasteiger partial charge in [-0.25, -0.2) is 4.79 Å². The zero-order valence-corrected chi connectivity index (χ0v) is 11.5. The molecule has 0 saturated carbocycles. The van der Waals surface area contributed by atoms with Gasteiger partial charge in [-0.1, -0.05) is 6.92 Å². The summed E-state index contributed by atoms with van der Waals surface area (Å²) in [6, 6.07) is 3.49. The van der Waals surface area contributed by atoms with Gasteiger partial charge in [-0.05, 0) is 47.0 Å². The van der Waals surface area contributed by atoms with Gasteiger partial charge in [-0.2, -0.15) is 0 Å². The second kappa shape index (κ2) is 4.57. The highest BCUT2D eigenvalue weighted by atomic mass is 79.9. The van der Waals surface area contributed by atoms with Crippen LogP contribution in [0.25, 0.3) is 11.0 Å². The van der Waals surface area contributed by atoms with Crippen LogP contribution < -0.4 is 5.43 Å². The number of carboxylic acids is 1. The molecule has 4 nitrogen and oxygen atoms in total. The lowest BCUT2D eigenvalue weighted by molar-refractivity contribution is 0.0661. The van der Waals surface area contributed by atoms with E-state index in [4.69, 9.17) is 9.52 Å². The van der Waals surface area contributed by atoms with Gasteiger partial charge in [-0.15, -0.1) is 0 Å². The van der Waals surface area contributed by atoms with Gasteiger partial charge in [0.05, 0.1) is 15.4 Å². The quantitative estimate of drug-likeness (QED) is 0.925. The van der Waals surface area contributed by atoms with E-state index < -0.39 is 5.97 Å². The monoisotopic (exact) mass is 310 g/mol. The van der Waals surface area contributed by atoms with Gasteiger partial charge < -0.3 is 9.52 Å². The third-order valence-corrected chi connectivity index (χ3v) is 3.32. The van der Waals surface area contributed by atoms with E-state index in [0.717, 1.165) is 5.56 Å². The summed E-state index contributed by atoms with van der Waals surface area (Å²) in [5.74, 6) is -1.50. The average molecular weight is 311 g/mol. The van der Waals surface area contributed by atoms with Crippen LogP contribution in [0.15, 0.2) is 25.8 Å². The smallest absolute Gasteiger partial charge is 0.372 e. The van der Waals surface area contributed by atoms with Gasteiger partial charge in [-0.3, -0.25) is 4.79 Å². The molecule has 0 bridgehead atoms. The summed E-state index contributed by atoms with van der Waals surface area (Å²) in [6.07, 6.45) is 0.325. The van der Waals surface area contributed by atoms with Gasteiger partial charge in [0.25, 0.3) is 0 Å². The molecule has 0 aliphatic heterocycles. The normalized spacial score (nSPS) is 10.8. The number of hydrogen-bond donors (Lipinski definition) is 1. The van der Waals surface area contributed by atoms with Crippen LogP contribution in [-0.2, 0) is 6.42 Å². The number of benzene rings is 1. The summed E-state index contributed by atoms with van der Waals surface area (Å²) < 4.78 is 5.95. The highest BCUT2D eigenvalue weighted by molar-refractivity contribution is 9.10. The SMILES string of the molecule is CCc1c(C(=O)O)oc2c(Br)cc(C)cc2c1=O. The highest BCUT2D eigenvalue weighted by Gasteiger charge is 2.19. The van der Waals surface area contributed by atoms with E-state index in [9.17, 15) is 9.59 Å². The lowest BCUT2D eigenvalue weighted by Crippen LogP contribution is -2.15. The summed E-state index contributed by atoms with van der Waals surface area (Å²) in [7, 11) is 0. The topological polar surface area (TPSA) is 67.5 Å². The maximum absolute atomic E-state index is 12.2. The third kappa shape index (κ3) is 1.95. The van der Waals surface area contributed by atoms with E-state index >= 15 is 0 Å². The van der Waals surface area contributed by atoms with E-state index in [1.807, 2.05) is 6.92 Å². The molecule has 0 unspecified atom stereocenters. The molecule has 18 heavy (non-hydrogen) atoms. The van der Waals surface area contributed by atoms with Crippen molar-refractivity contribution >= 4 is 32.9 Å². The largest absolute Gasteiger partial charge is 0.475 e. The molecular formula is C13H11BrO4. The van der Waals surface area contributed by atoms with Crippen molar-refractivity contribution in [3.63, 3.8) is 0 Å². The van der Waals surface area contributed by atoms with E-state index in [1.165, 1.54) is 0 Å². The van der Waals surface area contributed by atoms with Crippen LogP contribution in [0.1, 0.15) is 28.6 Å². The first-order chi connectivity index (χ1) is 8.45. The Morgan fingerprint density at radius 3 is 2.67 bits per heavy atom. The van der Waals surface area contributed by atoms with Crippen molar-refractivity contribution in [2.75, 3.05) is 0 Å². The van der Waals surface area contributed by atoms with Gasteiger partial charge in [0.2, 0.25) is 5.76 Å². The molecule has 0 fully saturated rings. The molecule has 0 aliphatic rings. The number of hydrogen-bond acceptors (Lipinski definition) is 3. The molecule has 1 N–H and O–H groups in total. The molecule has 2 rings (SSSR count). The van der Waals surface area contributed by atoms with Gasteiger partial charge in [0.15, 0.2) is 11.0 Å². The molecule has 0 saturated heterocycles. The second-order valence-electron chi connectivity index (χ2n) is 4.02. The number of aromatic carboxylic acids is 1. The van der Waals surface area contributed by atoms with Crippen molar-refractivity contribution in [3.8, 4) is 0 Å². The number of carboxylic acid groups (broad SMARTS) is 1. The minimum atomic E-state index is -1.22. The first kappa shape index (κ1) is 12.8. The number of halogens is 1. The van der Waals surface area contributed by atoms with Crippen LogP contribution in [0.2, 0.25) is 0 Å². The Labute approximate surface area is 111 Å². The Balaban J connectivity index is 3.00. The lowest BCUT2D eigenvalue weighted by Gasteiger charge is -2.07. The van der Waals surface area contributed by atoms with Crippen molar-refractivity contribution in [1.82, 2.24) is 0 Å². The van der Waals surface area contributed by atoms with Gasteiger partial charge >= 0.3 is 5.97 Å². The fraction of sp³-hybridized carbons (Fsp3) is 0.231. The summed E-state index contributed by atoms with van der Waals surface area (Å²) >= 11 is 3.29. The number of rotatable bonds is 2. The molecule has 1 aromatic carbocycles. The van der Waals surface area contributed by atoms with Crippen LogP contribution in [0, 0.1) is 6.92 Å². The Morgan fingerprint density at radius 1 is 1.44 bits per heavy atom. The predicted molar refractivity (Wildman–Crippen MR) is 71.3 cm³/mol. The fourth-order valence-electron chi connectivity index (χ4n) is 1.92. The Hall–Kier alpha value is -1.62. The maximum Gasteiger partial charge on any atom is 0.372 e. The Morgan fingerprint density at radius 2 is 2.11 bits per heavy atom. The number of fused-ring (bicyclic) bond motifs is 1. The molecule has 94 valence electrons. The minimum Gasteiger partial charge on any atom is -0.475 e. The molecule has 0 aliphatic carbocycles. The van der Waals surface area contributed by atoms with Crippen LogP contribution in [0.4, 0.5) is 0 Å². The Bertz CT molecular complexity index is 700. The van der Waals surface area contributed by atoms with Crippen LogP contribution in [0.3, 0.4) is 0 Å². The van der Waals surface area contributed by atoms with Crippen molar-refractivity contribution < 1.29 is 14.3 Å². The van der Waals surface area contributed by atoms with Gasteiger partial charge in [0, 0.05) is 0 Å². The minimum absolute atomic E-state index is 0.201. The first-order valence-electron chi connectivity index (χ1n) is 5.44.